The van der Waals surface area contributed by atoms with Gasteiger partial charge in [0.05, 0.1) is 0 Å². The fourth-order valence-corrected chi connectivity index (χ4v) is 23.5. The molecule has 1 nitrogen and oxygen atoms in total. The van der Waals surface area contributed by atoms with Gasteiger partial charge in [0.25, 0.3) is 0 Å². The van der Waals surface area contributed by atoms with Gasteiger partial charge in [-0.1, -0.05) is 0 Å². The van der Waals surface area contributed by atoms with Gasteiger partial charge in [0.15, 0.2) is 0 Å². The van der Waals surface area contributed by atoms with Gasteiger partial charge in [0.1, 0.15) is 0 Å². The van der Waals surface area contributed by atoms with Crippen LogP contribution in [0, 0.1) is 35.5 Å². The molecule has 4 rings (SSSR count). The molecule has 0 bridgehead atoms. The van der Waals surface area contributed by atoms with Gasteiger partial charge in [0.2, 0.25) is 0 Å². The number of anilines is 1. The fourth-order valence-electron chi connectivity index (χ4n) is 7.73. The number of nitrogens with zero attached hydrogens (tertiary/aromatic N) is 1. The van der Waals surface area contributed by atoms with Crippen molar-refractivity contribution in [3.8, 4) is 0 Å². The van der Waals surface area contributed by atoms with Gasteiger partial charge in [-0.05, 0) is 0 Å². The zero-order valence-corrected chi connectivity index (χ0v) is 26.1. The van der Waals surface area contributed by atoms with Crippen LogP contribution in [0.1, 0.15) is 80.1 Å². The number of fused-ring (bicyclic) bond motifs is 1. The molecule has 34 heavy (non-hydrogen) atoms. The summed E-state index contributed by atoms with van der Waals surface area (Å²) in [4.78, 5) is 2.37. The minimum absolute atomic E-state index is 0.815. The topological polar surface area (TPSA) is 3.24 Å². The summed E-state index contributed by atoms with van der Waals surface area (Å²) in [6, 6.07) is 14.4. The maximum atomic E-state index is 2.62. The molecule has 0 saturated heterocycles. The summed E-state index contributed by atoms with van der Waals surface area (Å²) < 4.78 is 3.84. The molecule has 1 radical (unpaired) electrons. The van der Waals surface area contributed by atoms with Crippen LogP contribution in [-0.2, 0) is 0 Å². The summed E-state index contributed by atoms with van der Waals surface area (Å²) in [5.41, 5.74) is 1.45. The molecule has 0 aliphatic heterocycles. The summed E-state index contributed by atoms with van der Waals surface area (Å²) in [6.07, 6.45) is 8.81. The van der Waals surface area contributed by atoms with E-state index in [1.54, 1.807) is 5.39 Å². The van der Waals surface area contributed by atoms with Crippen molar-refractivity contribution in [3.05, 3.63) is 36.4 Å². The monoisotopic (exact) mass is 568 g/mol. The molecule has 187 valence electrons. The molecule has 2 aromatic carbocycles. The molecule has 0 amide bonds. The van der Waals surface area contributed by atoms with Crippen molar-refractivity contribution in [2.75, 3.05) is 19.0 Å². The van der Waals surface area contributed by atoms with E-state index < -0.39 is 19.8 Å². The maximum absolute atomic E-state index is 2.62. The van der Waals surface area contributed by atoms with Gasteiger partial charge in [0, 0.05) is 0 Å². The van der Waals surface area contributed by atoms with Crippen LogP contribution < -0.4 is 8.48 Å². The second-order valence-electron chi connectivity index (χ2n) is 12.9. The average Bonchev–Trinajstić information content (AvgIpc) is 2.78. The van der Waals surface area contributed by atoms with Crippen LogP contribution in [0.4, 0.5) is 5.69 Å². The van der Waals surface area contributed by atoms with E-state index in [1.165, 1.54) is 49.6 Å². The molecular formula is C32H50NSn. The van der Waals surface area contributed by atoms with E-state index in [4.69, 9.17) is 0 Å². The second kappa shape index (κ2) is 11.1. The number of benzene rings is 2. The SMILES string of the molecule is CC(C)[C@H]1CC[C@H](C)C[CH]1[Sn]([c]1cccc2cccc(N(C)C)c12)[CH]1C[C@@H](C)CC[C@@H]1C(C)C. The second-order valence-corrected chi connectivity index (χ2v) is 21.3. The summed E-state index contributed by atoms with van der Waals surface area (Å²) in [7, 11) is 4.49. The van der Waals surface area contributed by atoms with Gasteiger partial charge < -0.3 is 0 Å². The van der Waals surface area contributed by atoms with E-state index in [0.29, 0.717) is 0 Å². The van der Waals surface area contributed by atoms with Crippen molar-refractivity contribution < 1.29 is 0 Å². The van der Waals surface area contributed by atoms with Crippen molar-refractivity contribution in [2.45, 2.75) is 87.9 Å². The van der Waals surface area contributed by atoms with Crippen LogP contribution in [0.25, 0.3) is 10.8 Å². The van der Waals surface area contributed by atoms with Crippen molar-refractivity contribution in [1.82, 2.24) is 0 Å². The van der Waals surface area contributed by atoms with Gasteiger partial charge in [-0.2, -0.15) is 0 Å². The van der Waals surface area contributed by atoms with Crippen LogP contribution in [0.2, 0.25) is 7.87 Å². The Morgan fingerprint density at radius 3 is 1.71 bits per heavy atom. The first-order valence-corrected chi connectivity index (χ1v) is 19.0. The Hall–Kier alpha value is -0.701. The summed E-state index contributed by atoms with van der Waals surface area (Å²) in [6.45, 7) is 15.3. The molecule has 2 unspecified atom stereocenters. The van der Waals surface area contributed by atoms with Crippen molar-refractivity contribution >= 4 is 39.8 Å². The van der Waals surface area contributed by atoms with Crippen LogP contribution in [-0.4, -0.2) is 33.9 Å². The van der Waals surface area contributed by atoms with Crippen molar-refractivity contribution in [2.24, 2.45) is 35.5 Å². The van der Waals surface area contributed by atoms with E-state index >= 15 is 0 Å². The summed E-state index contributed by atoms with van der Waals surface area (Å²) >= 11 is -2.12. The van der Waals surface area contributed by atoms with Gasteiger partial charge in [-0.15, -0.1) is 0 Å². The fraction of sp³-hybridized carbons (Fsp3) is 0.688. The molecule has 2 aliphatic carbocycles. The zero-order chi connectivity index (χ0) is 24.6. The normalized spacial score (nSPS) is 30.4. The number of rotatable bonds is 6. The summed E-state index contributed by atoms with van der Waals surface area (Å²) in [5, 5.41) is 3.09. The van der Waals surface area contributed by atoms with E-state index in [-0.39, 0.29) is 0 Å². The predicted molar refractivity (Wildman–Crippen MR) is 154 cm³/mol. The number of hydrogen-bond acceptors (Lipinski definition) is 1. The van der Waals surface area contributed by atoms with Crippen LogP contribution in [0.15, 0.2) is 36.4 Å². The third kappa shape index (κ3) is 5.35. The van der Waals surface area contributed by atoms with Crippen LogP contribution in [0.3, 0.4) is 0 Å². The predicted octanol–water partition coefficient (Wildman–Crippen LogP) is 8.53. The molecule has 2 aliphatic rings. The van der Waals surface area contributed by atoms with Gasteiger partial charge in [-0.25, -0.2) is 0 Å². The van der Waals surface area contributed by atoms with E-state index in [1.807, 2.05) is 3.58 Å². The van der Waals surface area contributed by atoms with Crippen molar-refractivity contribution in [1.29, 1.82) is 0 Å². The molecule has 6 atom stereocenters. The van der Waals surface area contributed by atoms with Gasteiger partial charge >= 0.3 is 219 Å². The molecule has 0 N–H and O–H groups in total. The van der Waals surface area contributed by atoms with Crippen LogP contribution in [0.5, 0.6) is 0 Å². The standard InChI is InChI=1S/C12H12N.2C10H19.Sn/c1-13(2)12-9-5-7-10-6-3-4-8-11(10)12;2*1-8(2)10-6-4-9(3)5-7-10;/h3-7,9H,1-2H3;2*6,8-10H,4-5,7H2,1-3H3;/t;2*9-,10-;/m.11./s1. The molecule has 0 spiro atoms. The van der Waals surface area contributed by atoms with Crippen LogP contribution >= 0.6 is 0 Å². The molecular weight excluding hydrogens is 517 g/mol. The van der Waals surface area contributed by atoms with Gasteiger partial charge in [-0.3, -0.25) is 0 Å². The van der Waals surface area contributed by atoms with E-state index in [9.17, 15) is 0 Å². The first-order valence-electron chi connectivity index (χ1n) is 14.2. The molecule has 0 heterocycles. The Labute approximate surface area is 217 Å². The first-order chi connectivity index (χ1) is 16.2. The van der Waals surface area contributed by atoms with E-state index in [0.717, 1.165) is 43.4 Å². The molecule has 2 aromatic rings. The Balaban J connectivity index is 1.95. The van der Waals surface area contributed by atoms with E-state index in [2.05, 4.69) is 96.9 Å². The zero-order valence-electron chi connectivity index (χ0n) is 23.3. The Morgan fingerprint density at radius 2 is 1.24 bits per heavy atom. The Morgan fingerprint density at radius 1 is 0.735 bits per heavy atom. The Kier molecular flexibility index (Phi) is 8.64. The molecule has 2 saturated carbocycles. The average molecular weight is 567 g/mol. The summed E-state index contributed by atoms with van der Waals surface area (Å²) in [5.74, 6) is 5.29. The van der Waals surface area contributed by atoms with Crippen molar-refractivity contribution in [3.63, 3.8) is 0 Å². The first kappa shape index (κ1) is 26.4. The Bertz CT molecular complexity index is 910. The molecule has 2 fully saturated rings. The third-order valence-electron chi connectivity index (χ3n) is 9.52. The third-order valence-corrected chi connectivity index (χ3v) is 20.8. The minimum atomic E-state index is -2.12. The molecule has 0 aromatic heterocycles. The number of hydrogen-bond donors (Lipinski definition) is 0. The molecule has 2 heteroatoms. The quantitative estimate of drug-likeness (QED) is 0.317.